The Labute approximate surface area is 128 Å². The number of aryl methyl sites for hydroxylation is 2. The van der Waals surface area contributed by atoms with Gasteiger partial charge in [-0.1, -0.05) is 29.8 Å². The number of amides is 1. The van der Waals surface area contributed by atoms with Gasteiger partial charge in [-0.2, -0.15) is 0 Å². The van der Waals surface area contributed by atoms with Crippen LogP contribution in [0, 0.1) is 13.8 Å². The number of thioether (sulfide) groups is 1. The molecule has 0 bridgehead atoms. The van der Waals surface area contributed by atoms with Gasteiger partial charge in [0.05, 0.1) is 11.9 Å². The van der Waals surface area contributed by atoms with Crippen molar-refractivity contribution < 1.29 is 4.79 Å². The molecule has 2 aromatic rings. The lowest BCUT2D eigenvalue weighted by molar-refractivity contribution is 0.0754. The summed E-state index contributed by atoms with van der Waals surface area (Å²) in [4.78, 5) is 22.9. The summed E-state index contributed by atoms with van der Waals surface area (Å²) in [6.07, 6.45) is 3.20. The van der Waals surface area contributed by atoms with Crippen molar-refractivity contribution in [2.24, 2.45) is 0 Å². The van der Waals surface area contributed by atoms with E-state index < -0.39 is 0 Å². The molecular formula is C16H17N3OS. The number of benzene rings is 1. The summed E-state index contributed by atoms with van der Waals surface area (Å²) in [5, 5.41) is 0.0706. The van der Waals surface area contributed by atoms with Gasteiger partial charge in [0.25, 0.3) is 5.91 Å². The van der Waals surface area contributed by atoms with Crippen LogP contribution in [0.2, 0.25) is 0 Å². The number of nitrogens with zero attached hydrogens (tertiary/aromatic N) is 3. The van der Waals surface area contributed by atoms with Crippen LogP contribution >= 0.6 is 11.8 Å². The molecule has 108 valence electrons. The van der Waals surface area contributed by atoms with Crippen LogP contribution in [0.15, 0.2) is 36.7 Å². The van der Waals surface area contributed by atoms with Gasteiger partial charge in [-0.05, 0) is 19.4 Å². The molecule has 0 aliphatic carbocycles. The Kier molecular flexibility index (Phi) is 3.92. The van der Waals surface area contributed by atoms with E-state index in [4.69, 9.17) is 0 Å². The molecule has 0 radical (unpaired) electrons. The molecule has 1 aromatic heterocycles. The van der Waals surface area contributed by atoms with Crippen LogP contribution < -0.4 is 0 Å². The first-order valence-electron chi connectivity index (χ1n) is 6.93. The maximum Gasteiger partial charge on any atom is 0.275 e. The van der Waals surface area contributed by atoms with Gasteiger partial charge in [0, 0.05) is 18.5 Å². The van der Waals surface area contributed by atoms with E-state index in [9.17, 15) is 4.79 Å². The summed E-state index contributed by atoms with van der Waals surface area (Å²) in [6, 6.07) is 8.37. The van der Waals surface area contributed by atoms with Crippen LogP contribution in [-0.2, 0) is 0 Å². The molecule has 1 saturated heterocycles. The van der Waals surface area contributed by atoms with E-state index in [1.54, 1.807) is 24.2 Å². The third-order valence-electron chi connectivity index (χ3n) is 3.51. The lowest BCUT2D eigenvalue weighted by atomic mass is 10.1. The van der Waals surface area contributed by atoms with Gasteiger partial charge in [-0.3, -0.25) is 9.78 Å². The smallest absolute Gasteiger partial charge is 0.275 e. The van der Waals surface area contributed by atoms with E-state index in [1.165, 1.54) is 5.56 Å². The Bertz CT molecular complexity index is 640. The maximum atomic E-state index is 12.6. The second kappa shape index (κ2) is 5.85. The predicted octanol–water partition coefficient (Wildman–Crippen LogP) is 2.98. The van der Waals surface area contributed by atoms with Crippen molar-refractivity contribution in [1.29, 1.82) is 0 Å². The van der Waals surface area contributed by atoms with Crippen LogP contribution in [0.1, 0.15) is 32.7 Å². The van der Waals surface area contributed by atoms with Crippen LogP contribution in [0.25, 0.3) is 0 Å². The molecule has 0 N–H and O–H groups in total. The molecule has 0 saturated carbocycles. The number of rotatable bonds is 2. The molecule has 1 aliphatic heterocycles. The van der Waals surface area contributed by atoms with E-state index in [1.807, 2.05) is 11.8 Å². The molecule has 1 amide bonds. The minimum atomic E-state index is -0.0434. The average molecular weight is 299 g/mol. The van der Waals surface area contributed by atoms with Crippen LogP contribution in [0.4, 0.5) is 0 Å². The summed E-state index contributed by atoms with van der Waals surface area (Å²) >= 11 is 1.79. The SMILES string of the molecule is Cc1ccc(C2SCCN2C(=O)c2cnc(C)cn2)cc1. The normalized spacial score (nSPS) is 18.0. The molecule has 1 atom stereocenters. The van der Waals surface area contributed by atoms with E-state index in [-0.39, 0.29) is 11.3 Å². The Hall–Kier alpha value is -1.88. The van der Waals surface area contributed by atoms with Crippen LogP contribution in [0.5, 0.6) is 0 Å². The molecule has 21 heavy (non-hydrogen) atoms. The number of hydrogen-bond acceptors (Lipinski definition) is 4. The number of hydrogen-bond donors (Lipinski definition) is 0. The molecule has 3 rings (SSSR count). The van der Waals surface area contributed by atoms with Crippen molar-refractivity contribution in [2.45, 2.75) is 19.2 Å². The lowest BCUT2D eigenvalue weighted by Crippen LogP contribution is -2.31. The molecule has 2 heterocycles. The molecule has 5 heteroatoms. The van der Waals surface area contributed by atoms with E-state index in [2.05, 4.69) is 41.2 Å². The highest BCUT2D eigenvalue weighted by atomic mass is 32.2. The first-order chi connectivity index (χ1) is 10.1. The zero-order chi connectivity index (χ0) is 14.8. The van der Waals surface area contributed by atoms with E-state index in [0.29, 0.717) is 5.69 Å². The lowest BCUT2D eigenvalue weighted by Gasteiger charge is -2.23. The topological polar surface area (TPSA) is 46.1 Å². The molecule has 1 aliphatic rings. The zero-order valence-corrected chi connectivity index (χ0v) is 12.9. The number of aromatic nitrogens is 2. The zero-order valence-electron chi connectivity index (χ0n) is 12.1. The third kappa shape index (κ3) is 2.93. The fourth-order valence-corrected chi connectivity index (χ4v) is 3.59. The van der Waals surface area contributed by atoms with Crippen molar-refractivity contribution >= 4 is 17.7 Å². The van der Waals surface area contributed by atoms with Crippen LogP contribution in [-0.4, -0.2) is 33.1 Å². The molecule has 0 spiro atoms. The first-order valence-corrected chi connectivity index (χ1v) is 7.98. The molecule has 1 unspecified atom stereocenters. The molecular weight excluding hydrogens is 282 g/mol. The third-order valence-corrected chi connectivity index (χ3v) is 4.78. The summed E-state index contributed by atoms with van der Waals surface area (Å²) in [5.74, 6) is 0.905. The predicted molar refractivity (Wildman–Crippen MR) is 84.2 cm³/mol. The van der Waals surface area contributed by atoms with E-state index >= 15 is 0 Å². The van der Waals surface area contributed by atoms with Crippen molar-refractivity contribution in [3.8, 4) is 0 Å². The summed E-state index contributed by atoms with van der Waals surface area (Å²) < 4.78 is 0. The molecule has 1 fully saturated rings. The second-order valence-electron chi connectivity index (χ2n) is 5.18. The fourth-order valence-electron chi connectivity index (χ4n) is 2.34. The Morgan fingerprint density at radius 3 is 2.62 bits per heavy atom. The van der Waals surface area contributed by atoms with Crippen molar-refractivity contribution in [3.63, 3.8) is 0 Å². The Morgan fingerprint density at radius 2 is 1.95 bits per heavy atom. The van der Waals surface area contributed by atoms with Gasteiger partial charge in [-0.25, -0.2) is 4.98 Å². The Morgan fingerprint density at radius 1 is 1.19 bits per heavy atom. The highest BCUT2D eigenvalue weighted by Gasteiger charge is 2.31. The molecule has 1 aromatic carbocycles. The minimum Gasteiger partial charge on any atom is -0.320 e. The standard InChI is InChI=1S/C16H17N3OS/c1-11-3-5-13(6-4-11)16-19(7-8-21-16)15(20)14-10-17-12(2)9-18-14/h3-6,9-10,16H,7-8H2,1-2H3. The van der Waals surface area contributed by atoms with Crippen LogP contribution in [0.3, 0.4) is 0 Å². The largest absolute Gasteiger partial charge is 0.320 e. The Balaban J connectivity index is 1.85. The van der Waals surface area contributed by atoms with Gasteiger partial charge < -0.3 is 4.90 Å². The summed E-state index contributed by atoms with van der Waals surface area (Å²) in [5.41, 5.74) is 3.62. The first kappa shape index (κ1) is 14.1. The van der Waals surface area contributed by atoms with Crippen molar-refractivity contribution in [2.75, 3.05) is 12.3 Å². The quantitative estimate of drug-likeness (QED) is 0.855. The average Bonchev–Trinajstić information content (AvgIpc) is 2.97. The monoisotopic (exact) mass is 299 g/mol. The number of carbonyl (C=O) groups excluding carboxylic acids is 1. The minimum absolute atomic E-state index is 0.0434. The van der Waals surface area contributed by atoms with Gasteiger partial charge in [0.15, 0.2) is 0 Å². The van der Waals surface area contributed by atoms with Gasteiger partial charge >= 0.3 is 0 Å². The summed E-state index contributed by atoms with van der Waals surface area (Å²) in [6.45, 7) is 4.68. The van der Waals surface area contributed by atoms with Gasteiger partial charge in [-0.15, -0.1) is 11.8 Å². The summed E-state index contributed by atoms with van der Waals surface area (Å²) in [7, 11) is 0. The van der Waals surface area contributed by atoms with Gasteiger partial charge in [0.1, 0.15) is 11.1 Å². The number of carbonyl (C=O) groups is 1. The highest BCUT2D eigenvalue weighted by Crippen LogP contribution is 2.38. The van der Waals surface area contributed by atoms with Crippen molar-refractivity contribution in [3.05, 3.63) is 59.2 Å². The maximum absolute atomic E-state index is 12.6. The second-order valence-corrected chi connectivity index (χ2v) is 6.36. The fraction of sp³-hybridized carbons (Fsp3) is 0.312. The van der Waals surface area contributed by atoms with Crippen molar-refractivity contribution in [1.82, 2.24) is 14.9 Å². The molecule has 4 nitrogen and oxygen atoms in total. The highest BCUT2D eigenvalue weighted by molar-refractivity contribution is 7.99. The van der Waals surface area contributed by atoms with E-state index in [0.717, 1.165) is 23.6 Å². The van der Waals surface area contributed by atoms with Gasteiger partial charge in [0.2, 0.25) is 0 Å².